The molecule has 0 spiro atoms. The summed E-state index contributed by atoms with van der Waals surface area (Å²) in [6.07, 6.45) is 0. The molecule has 2 amide bonds. The second-order valence-corrected chi connectivity index (χ2v) is 3.38. The standard InChI is InChI=1S/C11H15FN2O/c1-4-14(3)11(15)13-10-8(2)6-5-7-9(10)12/h5-7H,4H2,1-3H3,(H,13,15). The second-order valence-electron chi connectivity index (χ2n) is 3.38. The number of carbonyl (C=O) groups is 1. The molecule has 0 bridgehead atoms. The fourth-order valence-corrected chi connectivity index (χ4v) is 1.14. The Balaban J connectivity index is 2.85. The predicted octanol–water partition coefficient (Wildman–Crippen LogP) is 2.62. The maximum absolute atomic E-state index is 13.3. The Morgan fingerprint density at radius 1 is 1.53 bits per heavy atom. The first-order chi connectivity index (χ1) is 7.06. The lowest BCUT2D eigenvalue weighted by Gasteiger charge is -2.16. The van der Waals surface area contributed by atoms with Crippen LogP contribution in [0.3, 0.4) is 0 Å². The highest BCUT2D eigenvalue weighted by Crippen LogP contribution is 2.18. The van der Waals surface area contributed by atoms with Crippen LogP contribution in [0.25, 0.3) is 0 Å². The summed E-state index contributed by atoms with van der Waals surface area (Å²) in [4.78, 5) is 13.0. The van der Waals surface area contributed by atoms with E-state index < -0.39 is 5.82 Å². The number of carbonyl (C=O) groups excluding carboxylic acids is 1. The van der Waals surface area contributed by atoms with Crippen LogP contribution in [0.1, 0.15) is 12.5 Å². The number of benzene rings is 1. The van der Waals surface area contributed by atoms with Gasteiger partial charge in [0.15, 0.2) is 0 Å². The van der Waals surface area contributed by atoms with Crippen LogP contribution in [0, 0.1) is 12.7 Å². The largest absolute Gasteiger partial charge is 0.328 e. The number of halogens is 1. The molecule has 0 saturated heterocycles. The van der Waals surface area contributed by atoms with Gasteiger partial charge >= 0.3 is 6.03 Å². The number of rotatable bonds is 2. The van der Waals surface area contributed by atoms with E-state index in [1.165, 1.54) is 11.0 Å². The average Bonchev–Trinajstić information content (AvgIpc) is 2.22. The molecular weight excluding hydrogens is 195 g/mol. The van der Waals surface area contributed by atoms with Gasteiger partial charge in [-0.15, -0.1) is 0 Å². The van der Waals surface area contributed by atoms with Gasteiger partial charge in [-0.2, -0.15) is 0 Å². The zero-order valence-corrected chi connectivity index (χ0v) is 9.17. The zero-order valence-electron chi connectivity index (χ0n) is 9.17. The number of nitrogens with one attached hydrogen (secondary N) is 1. The molecule has 1 aromatic carbocycles. The van der Waals surface area contributed by atoms with E-state index in [0.29, 0.717) is 12.1 Å². The number of anilines is 1. The normalized spacial score (nSPS) is 9.87. The van der Waals surface area contributed by atoms with Crippen molar-refractivity contribution in [3.05, 3.63) is 29.6 Å². The van der Waals surface area contributed by atoms with Gasteiger partial charge in [0.25, 0.3) is 0 Å². The summed E-state index contributed by atoms with van der Waals surface area (Å²) in [6.45, 7) is 4.19. The monoisotopic (exact) mass is 210 g/mol. The molecule has 0 aliphatic carbocycles. The van der Waals surface area contributed by atoms with Crippen LogP contribution in [-0.4, -0.2) is 24.5 Å². The molecule has 0 saturated carbocycles. The minimum atomic E-state index is -0.409. The van der Waals surface area contributed by atoms with Gasteiger partial charge in [0.05, 0.1) is 5.69 Å². The minimum absolute atomic E-state index is 0.253. The van der Waals surface area contributed by atoms with E-state index >= 15 is 0 Å². The van der Waals surface area contributed by atoms with Crippen molar-refractivity contribution in [3.8, 4) is 0 Å². The number of urea groups is 1. The number of aryl methyl sites for hydroxylation is 1. The second kappa shape index (κ2) is 4.77. The van der Waals surface area contributed by atoms with E-state index in [2.05, 4.69) is 5.32 Å². The van der Waals surface area contributed by atoms with Gasteiger partial charge in [0.2, 0.25) is 0 Å². The molecule has 0 aliphatic heterocycles. The molecule has 0 aliphatic rings. The molecule has 0 fully saturated rings. The summed E-state index contributed by atoms with van der Waals surface area (Å²) in [6, 6.07) is 4.40. The van der Waals surface area contributed by atoms with E-state index in [1.54, 1.807) is 26.1 Å². The van der Waals surface area contributed by atoms with Crippen LogP contribution < -0.4 is 5.32 Å². The van der Waals surface area contributed by atoms with Crippen molar-refractivity contribution in [2.75, 3.05) is 18.9 Å². The molecule has 1 rings (SSSR count). The van der Waals surface area contributed by atoms with E-state index in [4.69, 9.17) is 0 Å². The summed E-state index contributed by atoms with van der Waals surface area (Å²) >= 11 is 0. The molecular formula is C11H15FN2O. The SMILES string of the molecule is CCN(C)C(=O)Nc1c(C)cccc1F. The smallest absolute Gasteiger partial charge is 0.321 e. The third-order valence-corrected chi connectivity index (χ3v) is 2.27. The van der Waals surface area contributed by atoms with Crippen LogP contribution in [0.4, 0.5) is 14.9 Å². The van der Waals surface area contributed by atoms with E-state index in [9.17, 15) is 9.18 Å². The third kappa shape index (κ3) is 2.68. The first-order valence-electron chi connectivity index (χ1n) is 4.83. The highest BCUT2D eigenvalue weighted by atomic mass is 19.1. The Morgan fingerprint density at radius 2 is 2.20 bits per heavy atom. The molecule has 15 heavy (non-hydrogen) atoms. The van der Waals surface area contributed by atoms with Crippen LogP contribution in [-0.2, 0) is 0 Å². The first kappa shape index (κ1) is 11.5. The van der Waals surface area contributed by atoms with Gasteiger partial charge in [-0.25, -0.2) is 9.18 Å². The Hall–Kier alpha value is -1.58. The van der Waals surface area contributed by atoms with Gasteiger partial charge in [-0.3, -0.25) is 0 Å². The third-order valence-electron chi connectivity index (χ3n) is 2.27. The van der Waals surface area contributed by atoms with Gasteiger partial charge in [-0.05, 0) is 25.5 Å². The Labute approximate surface area is 88.9 Å². The molecule has 4 heteroatoms. The molecule has 1 N–H and O–H groups in total. The Morgan fingerprint density at radius 3 is 2.73 bits per heavy atom. The maximum atomic E-state index is 13.3. The minimum Gasteiger partial charge on any atom is -0.328 e. The van der Waals surface area contributed by atoms with Gasteiger partial charge in [-0.1, -0.05) is 12.1 Å². The van der Waals surface area contributed by atoms with Crippen molar-refractivity contribution in [1.29, 1.82) is 0 Å². The lowest BCUT2D eigenvalue weighted by atomic mass is 10.2. The van der Waals surface area contributed by atoms with Crippen molar-refractivity contribution >= 4 is 11.7 Å². The Kier molecular flexibility index (Phi) is 3.66. The first-order valence-corrected chi connectivity index (χ1v) is 4.83. The molecule has 82 valence electrons. The zero-order chi connectivity index (χ0) is 11.4. The van der Waals surface area contributed by atoms with Crippen molar-refractivity contribution in [1.82, 2.24) is 4.90 Å². The molecule has 0 unspecified atom stereocenters. The highest BCUT2D eigenvalue weighted by molar-refractivity contribution is 5.90. The van der Waals surface area contributed by atoms with Crippen molar-refractivity contribution in [2.45, 2.75) is 13.8 Å². The fraction of sp³-hybridized carbons (Fsp3) is 0.364. The van der Waals surface area contributed by atoms with Crippen LogP contribution in [0.2, 0.25) is 0 Å². The molecule has 0 atom stereocenters. The molecule has 0 radical (unpaired) electrons. The van der Waals surface area contributed by atoms with Gasteiger partial charge < -0.3 is 10.2 Å². The van der Waals surface area contributed by atoms with E-state index in [0.717, 1.165) is 0 Å². The van der Waals surface area contributed by atoms with E-state index in [-0.39, 0.29) is 11.7 Å². The molecule has 0 heterocycles. The van der Waals surface area contributed by atoms with Crippen LogP contribution in [0.5, 0.6) is 0 Å². The van der Waals surface area contributed by atoms with Crippen molar-refractivity contribution in [3.63, 3.8) is 0 Å². The number of amides is 2. The predicted molar refractivity (Wildman–Crippen MR) is 58.5 cm³/mol. The molecule has 1 aromatic rings. The molecule has 0 aromatic heterocycles. The fourth-order valence-electron chi connectivity index (χ4n) is 1.14. The van der Waals surface area contributed by atoms with Crippen LogP contribution >= 0.6 is 0 Å². The molecule has 3 nitrogen and oxygen atoms in total. The van der Waals surface area contributed by atoms with E-state index in [1.807, 2.05) is 6.92 Å². The van der Waals surface area contributed by atoms with Gasteiger partial charge in [0.1, 0.15) is 5.82 Å². The summed E-state index contributed by atoms with van der Waals surface area (Å²) < 4.78 is 13.3. The lowest BCUT2D eigenvalue weighted by molar-refractivity contribution is 0.224. The number of hydrogen-bond acceptors (Lipinski definition) is 1. The highest BCUT2D eigenvalue weighted by Gasteiger charge is 2.11. The van der Waals surface area contributed by atoms with Crippen LogP contribution in [0.15, 0.2) is 18.2 Å². The van der Waals surface area contributed by atoms with Crippen molar-refractivity contribution in [2.24, 2.45) is 0 Å². The number of para-hydroxylation sites is 1. The summed E-state index contributed by atoms with van der Waals surface area (Å²) in [5.41, 5.74) is 0.968. The Bertz CT molecular complexity index is 345. The quantitative estimate of drug-likeness (QED) is 0.799. The topological polar surface area (TPSA) is 32.3 Å². The van der Waals surface area contributed by atoms with Crippen molar-refractivity contribution < 1.29 is 9.18 Å². The lowest BCUT2D eigenvalue weighted by Crippen LogP contribution is -2.31. The number of hydrogen-bond donors (Lipinski definition) is 1. The summed E-state index contributed by atoms with van der Waals surface area (Å²) in [5, 5.41) is 2.54. The number of nitrogens with zero attached hydrogens (tertiary/aromatic N) is 1. The van der Waals surface area contributed by atoms with Gasteiger partial charge in [0, 0.05) is 13.6 Å². The summed E-state index contributed by atoms with van der Waals surface area (Å²) in [7, 11) is 1.66. The maximum Gasteiger partial charge on any atom is 0.321 e. The average molecular weight is 210 g/mol. The summed E-state index contributed by atoms with van der Waals surface area (Å²) in [5.74, 6) is -0.409.